The molecule has 5 nitrogen and oxygen atoms in total. The molecule has 0 aliphatic rings. The van der Waals surface area contributed by atoms with Gasteiger partial charge >= 0.3 is 0 Å². The minimum Gasteiger partial charge on any atom is -0.457 e. The predicted octanol–water partition coefficient (Wildman–Crippen LogP) is 6.25. The molecule has 0 saturated heterocycles. The van der Waals surface area contributed by atoms with Crippen LogP contribution in [-0.2, 0) is 6.54 Å². The molecule has 4 rings (SSSR count). The van der Waals surface area contributed by atoms with E-state index in [1.54, 1.807) is 12.1 Å². The normalized spacial score (nSPS) is 11.2. The number of benzene rings is 3. The Hall–Kier alpha value is -3.57. The summed E-state index contributed by atoms with van der Waals surface area (Å²) in [7, 11) is 4.21. The van der Waals surface area contributed by atoms with E-state index in [0.29, 0.717) is 11.3 Å². The second-order valence-corrected chi connectivity index (χ2v) is 8.65. The lowest BCUT2D eigenvalue weighted by Gasteiger charge is -2.12. The zero-order chi connectivity index (χ0) is 23.4. The van der Waals surface area contributed by atoms with Crippen LogP contribution in [0.15, 0.2) is 72.8 Å². The molecular weight excluding hydrogens is 410 g/mol. The molecule has 0 spiro atoms. The van der Waals surface area contributed by atoms with Crippen molar-refractivity contribution in [2.75, 3.05) is 26.0 Å². The summed E-state index contributed by atoms with van der Waals surface area (Å²) in [5, 5.41) is 4.11. The molecule has 1 amide bonds. The van der Waals surface area contributed by atoms with Crippen LogP contribution in [0.3, 0.4) is 0 Å². The zero-order valence-corrected chi connectivity index (χ0v) is 19.8. The Labute approximate surface area is 195 Å². The largest absolute Gasteiger partial charge is 0.457 e. The summed E-state index contributed by atoms with van der Waals surface area (Å²) >= 11 is 0. The molecule has 0 aliphatic heterocycles. The van der Waals surface area contributed by atoms with E-state index in [2.05, 4.69) is 54.9 Å². The number of hydrogen-bond donors (Lipinski definition) is 1. The Morgan fingerprint density at radius 1 is 0.939 bits per heavy atom. The predicted molar refractivity (Wildman–Crippen MR) is 135 cm³/mol. The van der Waals surface area contributed by atoms with Gasteiger partial charge in [0.05, 0.1) is 0 Å². The lowest BCUT2D eigenvalue weighted by atomic mass is 10.1. The third kappa shape index (κ3) is 5.26. The van der Waals surface area contributed by atoms with E-state index in [0.717, 1.165) is 30.9 Å². The number of ether oxygens (including phenoxy) is 1. The third-order valence-corrected chi connectivity index (χ3v) is 5.96. The molecule has 0 unspecified atom stereocenters. The molecule has 1 heterocycles. The van der Waals surface area contributed by atoms with Crippen molar-refractivity contribution in [2.24, 2.45) is 0 Å². The molecule has 3 aromatic carbocycles. The summed E-state index contributed by atoms with van der Waals surface area (Å²) in [4.78, 5) is 14.9. The molecule has 0 saturated carbocycles. The van der Waals surface area contributed by atoms with E-state index >= 15 is 0 Å². The first-order chi connectivity index (χ1) is 15.9. The minimum absolute atomic E-state index is 0.164. The molecular formula is C28H31N3O2. The van der Waals surface area contributed by atoms with Crippen molar-refractivity contribution in [2.45, 2.75) is 26.8 Å². The number of nitrogens with one attached hydrogen (secondary N) is 1. The van der Waals surface area contributed by atoms with Crippen molar-refractivity contribution in [1.82, 2.24) is 9.47 Å². The van der Waals surface area contributed by atoms with Crippen molar-refractivity contribution in [3.63, 3.8) is 0 Å². The minimum atomic E-state index is -0.164. The number of hydrogen-bond acceptors (Lipinski definition) is 3. The van der Waals surface area contributed by atoms with Gasteiger partial charge < -0.3 is 19.5 Å². The average molecular weight is 442 g/mol. The van der Waals surface area contributed by atoms with Gasteiger partial charge in [-0.2, -0.15) is 0 Å². The molecule has 0 atom stereocenters. The number of anilines is 1. The first-order valence-electron chi connectivity index (χ1n) is 11.3. The Kier molecular flexibility index (Phi) is 6.80. The van der Waals surface area contributed by atoms with E-state index in [9.17, 15) is 4.79 Å². The Bertz CT molecular complexity index is 1260. The van der Waals surface area contributed by atoms with Crippen LogP contribution in [-0.4, -0.2) is 36.0 Å². The fourth-order valence-corrected chi connectivity index (χ4v) is 4.09. The Balaban J connectivity index is 1.52. The van der Waals surface area contributed by atoms with Gasteiger partial charge in [-0.15, -0.1) is 0 Å². The molecule has 33 heavy (non-hydrogen) atoms. The van der Waals surface area contributed by atoms with Gasteiger partial charge in [-0.3, -0.25) is 4.79 Å². The standard InChI is InChI=1S/C28H31N3O2/c1-20-21(2)31(17-9-16-30(3)4)27-15-14-25(19-26(20)27)33-24-13-8-10-22(18-24)28(32)29-23-11-6-5-7-12-23/h5-8,10-15,18-19H,9,16-17H2,1-4H3,(H,29,32). The highest BCUT2D eigenvalue weighted by molar-refractivity contribution is 6.04. The molecule has 170 valence electrons. The maximum absolute atomic E-state index is 12.6. The van der Waals surface area contributed by atoms with E-state index in [1.807, 2.05) is 48.5 Å². The smallest absolute Gasteiger partial charge is 0.255 e. The van der Waals surface area contributed by atoms with Gasteiger partial charge in [-0.1, -0.05) is 24.3 Å². The average Bonchev–Trinajstić information content (AvgIpc) is 3.04. The van der Waals surface area contributed by atoms with Crippen LogP contribution in [0.1, 0.15) is 28.0 Å². The highest BCUT2D eigenvalue weighted by atomic mass is 16.5. The highest BCUT2D eigenvalue weighted by Crippen LogP contribution is 2.31. The third-order valence-electron chi connectivity index (χ3n) is 5.96. The molecule has 1 N–H and O–H groups in total. The van der Waals surface area contributed by atoms with Gasteiger partial charge in [0.15, 0.2) is 0 Å². The van der Waals surface area contributed by atoms with Gasteiger partial charge in [0, 0.05) is 34.4 Å². The second-order valence-electron chi connectivity index (χ2n) is 8.65. The number of aryl methyl sites for hydroxylation is 2. The van der Waals surface area contributed by atoms with Crippen LogP contribution in [0, 0.1) is 13.8 Å². The number of para-hydroxylation sites is 1. The monoisotopic (exact) mass is 441 g/mol. The number of aromatic nitrogens is 1. The van der Waals surface area contributed by atoms with Crippen LogP contribution in [0.2, 0.25) is 0 Å². The maximum Gasteiger partial charge on any atom is 0.255 e. The van der Waals surface area contributed by atoms with Crippen LogP contribution in [0.5, 0.6) is 11.5 Å². The van der Waals surface area contributed by atoms with Crippen molar-refractivity contribution < 1.29 is 9.53 Å². The number of carbonyl (C=O) groups is 1. The second kappa shape index (κ2) is 9.92. The quantitative estimate of drug-likeness (QED) is 0.351. The van der Waals surface area contributed by atoms with Crippen molar-refractivity contribution in [3.05, 3.63) is 89.6 Å². The maximum atomic E-state index is 12.6. The first kappa shape index (κ1) is 22.6. The van der Waals surface area contributed by atoms with Crippen molar-refractivity contribution in [3.8, 4) is 11.5 Å². The van der Waals surface area contributed by atoms with Gasteiger partial charge in [-0.25, -0.2) is 0 Å². The number of rotatable bonds is 8. The summed E-state index contributed by atoms with van der Waals surface area (Å²) in [5.41, 5.74) is 5.11. The number of amides is 1. The number of carbonyl (C=O) groups excluding carboxylic acids is 1. The summed E-state index contributed by atoms with van der Waals surface area (Å²) in [5.74, 6) is 1.23. The highest BCUT2D eigenvalue weighted by Gasteiger charge is 2.13. The van der Waals surface area contributed by atoms with Crippen LogP contribution in [0.25, 0.3) is 10.9 Å². The Morgan fingerprint density at radius 2 is 1.70 bits per heavy atom. The Morgan fingerprint density at radius 3 is 2.45 bits per heavy atom. The summed E-state index contributed by atoms with van der Waals surface area (Å²) in [6.07, 6.45) is 1.10. The van der Waals surface area contributed by atoms with Crippen molar-refractivity contribution >= 4 is 22.5 Å². The fourth-order valence-electron chi connectivity index (χ4n) is 4.09. The fraction of sp³-hybridized carbons (Fsp3) is 0.250. The van der Waals surface area contributed by atoms with Gasteiger partial charge in [0.25, 0.3) is 5.91 Å². The summed E-state index contributed by atoms with van der Waals surface area (Å²) in [6, 6.07) is 22.9. The topological polar surface area (TPSA) is 46.5 Å². The number of fused-ring (bicyclic) bond motifs is 1. The van der Waals surface area contributed by atoms with Gasteiger partial charge in [-0.05, 0) is 95.0 Å². The summed E-state index contributed by atoms with van der Waals surface area (Å²) < 4.78 is 8.54. The lowest BCUT2D eigenvalue weighted by molar-refractivity contribution is 0.102. The summed E-state index contributed by atoms with van der Waals surface area (Å²) in [6.45, 7) is 6.40. The van der Waals surface area contributed by atoms with Crippen LogP contribution in [0.4, 0.5) is 5.69 Å². The molecule has 1 aromatic heterocycles. The van der Waals surface area contributed by atoms with E-state index < -0.39 is 0 Å². The SMILES string of the molecule is Cc1c(C)n(CCCN(C)C)c2ccc(Oc3cccc(C(=O)Nc4ccccc4)c3)cc12. The van der Waals surface area contributed by atoms with Gasteiger partial charge in [0.1, 0.15) is 11.5 Å². The van der Waals surface area contributed by atoms with Gasteiger partial charge in [0.2, 0.25) is 0 Å². The van der Waals surface area contributed by atoms with Crippen molar-refractivity contribution in [1.29, 1.82) is 0 Å². The molecule has 0 aliphatic carbocycles. The van der Waals surface area contributed by atoms with E-state index in [4.69, 9.17) is 4.74 Å². The first-order valence-corrected chi connectivity index (χ1v) is 11.3. The molecule has 0 radical (unpaired) electrons. The molecule has 5 heteroatoms. The lowest BCUT2D eigenvalue weighted by Crippen LogP contribution is -2.15. The van der Waals surface area contributed by atoms with Crippen LogP contribution < -0.4 is 10.1 Å². The zero-order valence-electron chi connectivity index (χ0n) is 19.8. The van der Waals surface area contributed by atoms with Crippen LogP contribution >= 0.6 is 0 Å². The number of nitrogens with zero attached hydrogens (tertiary/aromatic N) is 2. The molecule has 4 aromatic rings. The molecule has 0 bridgehead atoms. The molecule has 0 fully saturated rings. The van der Waals surface area contributed by atoms with E-state index in [-0.39, 0.29) is 5.91 Å². The van der Waals surface area contributed by atoms with E-state index in [1.165, 1.54) is 22.2 Å².